The molecule has 2 aromatic heterocycles. The molecule has 3 atom stereocenters. The van der Waals surface area contributed by atoms with E-state index in [1.54, 1.807) is 17.5 Å². The number of amides is 2. The molecule has 2 amide bonds. The first kappa shape index (κ1) is 16.3. The van der Waals surface area contributed by atoms with E-state index in [0.29, 0.717) is 31.2 Å². The molecule has 0 bridgehead atoms. The molecule has 3 heterocycles. The van der Waals surface area contributed by atoms with Gasteiger partial charge in [0.1, 0.15) is 11.5 Å². The average Bonchev–Trinajstić information content (AvgIpc) is 3.03. The van der Waals surface area contributed by atoms with Crippen molar-refractivity contribution in [3.05, 3.63) is 40.1 Å². The highest BCUT2D eigenvalue weighted by molar-refractivity contribution is 7.09. The van der Waals surface area contributed by atoms with Crippen LogP contribution in [0.25, 0.3) is 0 Å². The molecule has 1 fully saturated rings. The maximum Gasteiger partial charge on any atom is 0.271 e. The Labute approximate surface area is 150 Å². The third kappa shape index (κ3) is 3.08. The summed E-state index contributed by atoms with van der Waals surface area (Å²) in [7, 11) is 0. The van der Waals surface area contributed by atoms with E-state index in [-0.39, 0.29) is 23.8 Å². The van der Waals surface area contributed by atoms with Gasteiger partial charge in [-0.2, -0.15) is 0 Å². The summed E-state index contributed by atoms with van der Waals surface area (Å²) in [6.45, 7) is 6.00. The van der Waals surface area contributed by atoms with Gasteiger partial charge in [-0.25, -0.2) is 4.98 Å². The monoisotopic (exact) mass is 358 g/mol. The molecule has 132 valence electrons. The molecular formula is C18H22N4O2S. The third-order valence-corrected chi connectivity index (χ3v) is 6.05. The summed E-state index contributed by atoms with van der Waals surface area (Å²) in [5.41, 5.74) is 0.424. The lowest BCUT2D eigenvalue weighted by atomic mass is 10.1. The minimum Gasteiger partial charge on any atom is -0.346 e. The van der Waals surface area contributed by atoms with E-state index in [0.717, 1.165) is 17.1 Å². The van der Waals surface area contributed by atoms with Gasteiger partial charge in [-0.1, -0.05) is 13.0 Å². The first-order valence-corrected chi connectivity index (χ1v) is 9.60. The van der Waals surface area contributed by atoms with Gasteiger partial charge < -0.3 is 14.8 Å². The standard InChI is InChI=1S/C18H22N4O2S/c1-11-8-14(11)18(24)22-6-5-21-10-15(20-16(21)12(22)2)17(23)19-9-13-4-3-7-25-13/h3-4,7,10-12,14H,5-6,8-9H2,1-2H3,(H,19,23). The number of fused-ring (bicyclic) bond motifs is 1. The van der Waals surface area contributed by atoms with Crippen LogP contribution in [0.2, 0.25) is 0 Å². The number of carbonyl (C=O) groups excluding carboxylic acids is 2. The Bertz CT molecular complexity index is 798. The van der Waals surface area contributed by atoms with Crippen molar-refractivity contribution in [2.75, 3.05) is 6.54 Å². The first-order valence-electron chi connectivity index (χ1n) is 8.72. The molecule has 0 spiro atoms. The van der Waals surface area contributed by atoms with Gasteiger partial charge in [-0.05, 0) is 30.7 Å². The SMILES string of the molecule is CC1CC1C(=O)N1CCn2cc(C(=O)NCc3cccs3)nc2C1C. The van der Waals surface area contributed by atoms with E-state index in [1.807, 2.05) is 33.9 Å². The minimum absolute atomic E-state index is 0.0899. The number of hydrogen-bond acceptors (Lipinski definition) is 4. The molecule has 4 rings (SSSR count). The Morgan fingerprint density at radius 3 is 2.84 bits per heavy atom. The van der Waals surface area contributed by atoms with Crippen LogP contribution in [0.3, 0.4) is 0 Å². The van der Waals surface area contributed by atoms with Crippen LogP contribution in [-0.2, 0) is 17.9 Å². The number of imidazole rings is 1. The number of thiophene rings is 1. The Kier molecular flexibility index (Phi) is 4.11. The summed E-state index contributed by atoms with van der Waals surface area (Å²) in [6.07, 6.45) is 2.80. The zero-order chi connectivity index (χ0) is 17.6. The van der Waals surface area contributed by atoms with E-state index in [9.17, 15) is 9.59 Å². The Hall–Kier alpha value is -2.15. The first-order chi connectivity index (χ1) is 12.0. The zero-order valence-electron chi connectivity index (χ0n) is 14.4. The average molecular weight is 358 g/mol. The molecule has 7 heteroatoms. The maximum atomic E-state index is 12.6. The molecule has 1 aliphatic carbocycles. The Morgan fingerprint density at radius 1 is 1.36 bits per heavy atom. The van der Waals surface area contributed by atoms with Crippen LogP contribution >= 0.6 is 11.3 Å². The largest absolute Gasteiger partial charge is 0.346 e. The van der Waals surface area contributed by atoms with Crippen molar-refractivity contribution in [3.63, 3.8) is 0 Å². The molecule has 1 aliphatic heterocycles. The van der Waals surface area contributed by atoms with Crippen LogP contribution in [0.1, 0.15) is 47.5 Å². The lowest BCUT2D eigenvalue weighted by Crippen LogP contribution is -2.42. The number of nitrogens with one attached hydrogen (secondary N) is 1. The van der Waals surface area contributed by atoms with Crippen molar-refractivity contribution in [2.24, 2.45) is 11.8 Å². The topological polar surface area (TPSA) is 67.2 Å². The van der Waals surface area contributed by atoms with Gasteiger partial charge >= 0.3 is 0 Å². The zero-order valence-corrected chi connectivity index (χ0v) is 15.3. The summed E-state index contributed by atoms with van der Waals surface area (Å²) in [6, 6.07) is 3.87. The number of aromatic nitrogens is 2. The molecule has 25 heavy (non-hydrogen) atoms. The molecule has 0 aromatic carbocycles. The van der Waals surface area contributed by atoms with Crippen LogP contribution in [0, 0.1) is 11.8 Å². The molecule has 0 radical (unpaired) electrons. The minimum atomic E-state index is -0.170. The van der Waals surface area contributed by atoms with E-state index in [2.05, 4.69) is 17.2 Å². The summed E-state index contributed by atoms with van der Waals surface area (Å²) in [5, 5.41) is 4.90. The smallest absolute Gasteiger partial charge is 0.271 e. The number of nitrogens with zero attached hydrogens (tertiary/aromatic N) is 3. The molecule has 3 unspecified atom stereocenters. The highest BCUT2D eigenvalue weighted by atomic mass is 32.1. The number of hydrogen-bond donors (Lipinski definition) is 1. The summed E-state index contributed by atoms with van der Waals surface area (Å²) >= 11 is 1.62. The van der Waals surface area contributed by atoms with Crippen LogP contribution < -0.4 is 5.32 Å². The molecule has 2 aromatic rings. The maximum absolute atomic E-state index is 12.6. The van der Waals surface area contributed by atoms with Gasteiger partial charge in [0.05, 0.1) is 12.6 Å². The summed E-state index contributed by atoms with van der Waals surface area (Å²) < 4.78 is 2.00. The van der Waals surface area contributed by atoms with Gasteiger partial charge in [-0.15, -0.1) is 11.3 Å². The van der Waals surface area contributed by atoms with Crippen molar-refractivity contribution in [1.29, 1.82) is 0 Å². The highest BCUT2D eigenvalue weighted by Gasteiger charge is 2.44. The Balaban J connectivity index is 1.46. The van der Waals surface area contributed by atoms with E-state index < -0.39 is 0 Å². The van der Waals surface area contributed by atoms with E-state index in [1.165, 1.54) is 0 Å². The second kappa shape index (κ2) is 6.29. The molecule has 1 N–H and O–H groups in total. The van der Waals surface area contributed by atoms with Gasteiger partial charge in [0.15, 0.2) is 0 Å². The second-order valence-corrected chi connectivity index (χ2v) is 8.00. The van der Waals surface area contributed by atoms with Gasteiger partial charge in [-0.3, -0.25) is 9.59 Å². The van der Waals surface area contributed by atoms with E-state index in [4.69, 9.17) is 0 Å². The molecular weight excluding hydrogens is 336 g/mol. The summed E-state index contributed by atoms with van der Waals surface area (Å²) in [5.74, 6) is 1.54. The number of rotatable bonds is 4. The normalized spacial score (nSPS) is 24.7. The highest BCUT2D eigenvalue weighted by Crippen LogP contribution is 2.41. The quantitative estimate of drug-likeness (QED) is 0.913. The fraction of sp³-hybridized carbons (Fsp3) is 0.500. The third-order valence-electron chi connectivity index (χ3n) is 5.18. The molecule has 0 saturated heterocycles. The predicted octanol–water partition coefficient (Wildman–Crippen LogP) is 2.43. The lowest BCUT2D eigenvalue weighted by molar-refractivity contribution is -0.136. The van der Waals surface area contributed by atoms with Crippen molar-refractivity contribution in [3.8, 4) is 0 Å². The molecule has 2 aliphatic rings. The number of carbonyl (C=O) groups is 2. The Morgan fingerprint density at radius 2 is 2.16 bits per heavy atom. The lowest BCUT2D eigenvalue weighted by Gasteiger charge is -2.34. The molecule has 1 saturated carbocycles. The van der Waals surface area contributed by atoms with Gasteiger partial charge in [0, 0.05) is 30.1 Å². The van der Waals surface area contributed by atoms with Crippen LogP contribution in [-0.4, -0.2) is 32.8 Å². The fourth-order valence-corrected chi connectivity index (χ4v) is 4.10. The summed E-state index contributed by atoms with van der Waals surface area (Å²) in [4.78, 5) is 32.5. The second-order valence-electron chi connectivity index (χ2n) is 6.97. The van der Waals surface area contributed by atoms with Crippen LogP contribution in [0.4, 0.5) is 0 Å². The van der Waals surface area contributed by atoms with E-state index >= 15 is 0 Å². The molecule has 6 nitrogen and oxygen atoms in total. The van der Waals surface area contributed by atoms with Gasteiger partial charge in [0.2, 0.25) is 5.91 Å². The van der Waals surface area contributed by atoms with Crippen molar-refractivity contribution < 1.29 is 9.59 Å². The van der Waals surface area contributed by atoms with Gasteiger partial charge in [0.25, 0.3) is 5.91 Å². The fourth-order valence-electron chi connectivity index (χ4n) is 3.45. The van der Waals surface area contributed by atoms with Crippen LogP contribution in [0.15, 0.2) is 23.7 Å². The van der Waals surface area contributed by atoms with Crippen molar-refractivity contribution in [1.82, 2.24) is 19.8 Å². The predicted molar refractivity (Wildman–Crippen MR) is 95.1 cm³/mol. The van der Waals surface area contributed by atoms with Crippen molar-refractivity contribution in [2.45, 2.75) is 39.4 Å². The van der Waals surface area contributed by atoms with Crippen LogP contribution in [0.5, 0.6) is 0 Å². The van der Waals surface area contributed by atoms with Crippen molar-refractivity contribution >= 4 is 23.2 Å².